The van der Waals surface area contributed by atoms with Crippen molar-refractivity contribution in [1.29, 1.82) is 5.26 Å². The Morgan fingerprint density at radius 2 is 2.06 bits per heavy atom. The molecule has 80 valence electrons. The molecule has 0 saturated heterocycles. The maximum Gasteiger partial charge on any atom is 0.123 e. The molecule has 0 aromatic heterocycles. The Balaban J connectivity index is 2.66. The largest absolute Gasteiger partial charge is 0.496 e. The number of rotatable bonds is 2. The lowest BCUT2D eigenvalue weighted by Gasteiger charge is -2.08. The van der Waals surface area contributed by atoms with Crippen molar-refractivity contribution in [2.45, 2.75) is 6.42 Å². The van der Waals surface area contributed by atoms with Crippen LogP contribution in [-0.4, -0.2) is 7.11 Å². The molecule has 0 heterocycles. The minimum absolute atomic E-state index is 0.367. The number of hydrogen-bond donors (Lipinski definition) is 0. The summed E-state index contributed by atoms with van der Waals surface area (Å²) in [6.45, 7) is 0. The summed E-state index contributed by atoms with van der Waals surface area (Å²) < 4.78 is 6.31. The highest BCUT2D eigenvalue weighted by molar-refractivity contribution is 9.10. The molecule has 2 nitrogen and oxygen atoms in total. The molecule has 0 radical (unpaired) electrons. The standard InChI is InChI=1S/C13H10BrNO/c1-16-13-8-9-2-3-12(14)7-11(9)6-10(13)4-5-15/h2-3,6-8H,4H2,1H3. The Hall–Kier alpha value is -1.53. The van der Waals surface area contributed by atoms with Crippen LogP contribution >= 0.6 is 15.9 Å². The average molecular weight is 276 g/mol. The number of hydrogen-bond acceptors (Lipinski definition) is 2. The molecule has 0 aliphatic carbocycles. The van der Waals surface area contributed by atoms with Gasteiger partial charge in [0.25, 0.3) is 0 Å². The quantitative estimate of drug-likeness (QED) is 0.838. The van der Waals surface area contributed by atoms with Crippen LogP contribution in [0.4, 0.5) is 0 Å². The molecule has 0 saturated carbocycles. The minimum Gasteiger partial charge on any atom is -0.496 e. The van der Waals surface area contributed by atoms with Crippen molar-refractivity contribution in [3.05, 3.63) is 40.4 Å². The van der Waals surface area contributed by atoms with E-state index in [9.17, 15) is 0 Å². The molecule has 0 spiro atoms. The smallest absolute Gasteiger partial charge is 0.123 e. The van der Waals surface area contributed by atoms with Crippen molar-refractivity contribution in [1.82, 2.24) is 0 Å². The van der Waals surface area contributed by atoms with Crippen LogP contribution in [0.2, 0.25) is 0 Å². The molecule has 0 unspecified atom stereocenters. The number of nitrogens with zero attached hydrogens (tertiary/aromatic N) is 1. The molecule has 2 aromatic rings. The molecule has 16 heavy (non-hydrogen) atoms. The van der Waals surface area contributed by atoms with Crippen LogP contribution in [0.5, 0.6) is 5.75 Å². The lowest BCUT2D eigenvalue weighted by molar-refractivity contribution is 0.411. The maximum absolute atomic E-state index is 8.75. The van der Waals surface area contributed by atoms with Crippen molar-refractivity contribution in [2.24, 2.45) is 0 Å². The van der Waals surface area contributed by atoms with Crippen molar-refractivity contribution in [3.8, 4) is 11.8 Å². The predicted molar refractivity (Wildman–Crippen MR) is 67.5 cm³/mol. The van der Waals surface area contributed by atoms with Crippen molar-refractivity contribution < 1.29 is 4.74 Å². The highest BCUT2D eigenvalue weighted by Crippen LogP contribution is 2.28. The predicted octanol–water partition coefficient (Wildman–Crippen LogP) is 3.68. The summed E-state index contributed by atoms with van der Waals surface area (Å²) in [5, 5.41) is 11.0. The molecular formula is C13H10BrNO. The molecular weight excluding hydrogens is 266 g/mol. The van der Waals surface area contributed by atoms with E-state index in [1.807, 2.05) is 30.3 Å². The van der Waals surface area contributed by atoms with Gasteiger partial charge in [-0.25, -0.2) is 0 Å². The highest BCUT2D eigenvalue weighted by atomic mass is 79.9. The number of fused-ring (bicyclic) bond motifs is 1. The van der Waals surface area contributed by atoms with Gasteiger partial charge in [0.05, 0.1) is 19.6 Å². The number of ether oxygens (including phenoxy) is 1. The number of halogens is 1. The van der Waals surface area contributed by atoms with E-state index in [-0.39, 0.29) is 0 Å². The van der Waals surface area contributed by atoms with Crippen LogP contribution in [0.15, 0.2) is 34.8 Å². The molecule has 0 bridgehead atoms. The molecule has 0 aliphatic heterocycles. The van der Waals surface area contributed by atoms with Crippen molar-refractivity contribution in [3.63, 3.8) is 0 Å². The Morgan fingerprint density at radius 3 is 2.75 bits per heavy atom. The monoisotopic (exact) mass is 275 g/mol. The Bertz CT molecular complexity index is 572. The van der Waals surface area contributed by atoms with Crippen LogP contribution in [-0.2, 0) is 6.42 Å². The van der Waals surface area contributed by atoms with Gasteiger partial charge in [0.15, 0.2) is 0 Å². The van der Waals surface area contributed by atoms with Crippen LogP contribution in [0.3, 0.4) is 0 Å². The normalized spacial score (nSPS) is 10.1. The Labute approximate surface area is 103 Å². The van der Waals surface area contributed by atoms with Gasteiger partial charge in [0, 0.05) is 10.0 Å². The second-order valence-electron chi connectivity index (χ2n) is 3.49. The fourth-order valence-corrected chi connectivity index (χ4v) is 2.09. The second-order valence-corrected chi connectivity index (χ2v) is 4.41. The summed E-state index contributed by atoms with van der Waals surface area (Å²) in [4.78, 5) is 0. The molecule has 0 atom stereocenters. The van der Waals surface area contributed by atoms with Gasteiger partial charge in [-0.3, -0.25) is 0 Å². The number of nitriles is 1. The van der Waals surface area contributed by atoms with E-state index in [1.165, 1.54) is 0 Å². The summed E-state index contributed by atoms with van der Waals surface area (Å²) in [7, 11) is 1.63. The van der Waals surface area contributed by atoms with Crippen LogP contribution in [0, 0.1) is 11.3 Å². The van der Waals surface area contributed by atoms with Crippen molar-refractivity contribution >= 4 is 26.7 Å². The fourth-order valence-electron chi connectivity index (χ4n) is 1.71. The third-order valence-corrected chi connectivity index (χ3v) is 2.96. The zero-order valence-electron chi connectivity index (χ0n) is 8.83. The summed E-state index contributed by atoms with van der Waals surface area (Å²) >= 11 is 3.44. The lowest BCUT2D eigenvalue weighted by atomic mass is 10.0. The topological polar surface area (TPSA) is 33.0 Å². The second kappa shape index (κ2) is 4.54. The van der Waals surface area contributed by atoms with Crippen LogP contribution in [0.25, 0.3) is 10.8 Å². The first kappa shape index (κ1) is 11.0. The number of benzene rings is 2. The minimum atomic E-state index is 0.367. The van der Waals surface area contributed by atoms with Gasteiger partial charge in [-0.1, -0.05) is 22.0 Å². The van der Waals surface area contributed by atoms with E-state index in [4.69, 9.17) is 10.00 Å². The molecule has 0 aliphatic rings. The molecule has 0 fully saturated rings. The maximum atomic E-state index is 8.75. The van der Waals surface area contributed by atoms with Crippen LogP contribution < -0.4 is 4.74 Å². The van der Waals surface area contributed by atoms with Gasteiger partial charge in [-0.15, -0.1) is 0 Å². The van der Waals surface area contributed by atoms with E-state index in [0.29, 0.717) is 6.42 Å². The first-order valence-electron chi connectivity index (χ1n) is 4.87. The van der Waals surface area contributed by atoms with Gasteiger partial charge in [0.2, 0.25) is 0 Å². The zero-order chi connectivity index (χ0) is 11.5. The SMILES string of the molecule is COc1cc2ccc(Br)cc2cc1CC#N. The van der Waals surface area contributed by atoms with Gasteiger partial charge >= 0.3 is 0 Å². The third kappa shape index (κ3) is 2.02. The summed E-state index contributed by atoms with van der Waals surface area (Å²) in [5.74, 6) is 0.774. The highest BCUT2D eigenvalue weighted by Gasteiger charge is 2.05. The van der Waals surface area contributed by atoms with E-state index in [0.717, 1.165) is 26.6 Å². The third-order valence-electron chi connectivity index (χ3n) is 2.47. The molecule has 2 rings (SSSR count). The summed E-state index contributed by atoms with van der Waals surface area (Å²) in [6.07, 6.45) is 0.367. The summed E-state index contributed by atoms with van der Waals surface area (Å²) in [6, 6.07) is 12.2. The summed E-state index contributed by atoms with van der Waals surface area (Å²) in [5.41, 5.74) is 0.926. The first-order valence-corrected chi connectivity index (χ1v) is 5.67. The van der Waals surface area contributed by atoms with Gasteiger partial charge in [-0.2, -0.15) is 5.26 Å². The molecule has 0 amide bonds. The van der Waals surface area contributed by atoms with E-state index in [2.05, 4.69) is 22.0 Å². The van der Waals surface area contributed by atoms with Gasteiger partial charge in [-0.05, 0) is 35.0 Å². The first-order chi connectivity index (χ1) is 7.74. The molecule has 0 N–H and O–H groups in total. The van der Waals surface area contributed by atoms with Crippen molar-refractivity contribution in [2.75, 3.05) is 7.11 Å². The van der Waals surface area contributed by atoms with Gasteiger partial charge in [0.1, 0.15) is 5.75 Å². The number of methoxy groups -OCH3 is 1. The molecule has 2 aromatic carbocycles. The molecule has 3 heteroatoms. The zero-order valence-corrected chi connectivity index (χ0v) is 10.4. The fraction of sp³-hybridized carbons (Fsp3) is 0.154. The van der Waals surface area contributed by atoms with Crippen LogP contribution in [0.1, 0.15) is 5.56 Å². The Kier molecular flexibility index (Phi) is 3.12. The Morgan fingerprint density at radius 1 is 1.25 bits per heavy atom. The van der Waals surface area contributed by atoms with E-state index < -0.39 is 0 Å². The lowest BCUT2D eigenvalue weighted by Crippen LogP contribution is -1.91. The average Bonchev–Trinajstić information content (AvgIpc) is 2.28. The van der Waals surface area contributed by atoms with E-state index in [1.54, 1.807) is 7.11 Å². The van der Waals surface area contributed by atoms with E-state index >= 15 is 0 Å². The van der Waals surface area contributed by atoms with Gasteiger partial charge < -0.3 is 4.74 Å².